The van der Waals surface area contributed by atoms with Gasteiger partial charge in [0.25, 0.3) is 0 Å². The van der Waals surface area contributed by atoms with Crippen LogP contribution in [0.3, 0.4) is 0 Å². The molecule has 2 rings (SSSR count). The maximum absolute atomic E-state index is 12.2. The molecule has 1 saturated carbocycles. The van der Waals surface area contributed by atoms with E-state index in [1.807, 2.05) is 0 Å². The summed E-state index contributed by atoms with van der Waals surface area (Å²) < 4.78 is 0. The van der Waals surface area contributed by atoms with Crippen LogP contribution in [0.15, 0.2) is 0 Å². The molecule has 19 heavy (non-hydrogen) atoms. The summed E-state index contributed by atoms with van der Waals surface area (Å²) in [4.78, 5) is 23.9. The van der Waals surface area contributed by atoms with Gasteiger partial charge in [-0.3, -0.25) is 14.9 Å². The molecule has 1 unspecified atom stereocenters. The highest BCUT2D eigenvalue weighted by molar-refractivity contribution is 5.99. The first-order valence-electron chi connectivity index (χ1n) is 7.82. The third kappa shape index (κ3) is 2.85. The van der Waals surface area contributed by atoms with Crippen LogP contribution in [0.4, 0.5) is 0 Å². The van der Waals surface area contributed by atoms with Crippen LogP contribution >= 0.6 is 0 Å². The van der Waals surface area contributed by atoms with E-state index in [9.17, 15) is 9.59 Å². The summed E-state index contributed by atoms with van der Waals surface area (Å²) in [5.41, 5.74) is -0.0270. The molecule has 0 bridgehead atoms. The Morgan fingerprint density at radius 1 is 1.26 bits per heavy atom. The number of carbonyl (C=O) groups is 2. The highest BCUT2D eigenvalue weighted by atomic mass is 16.2. The maximum Gasteiger partial charge on any atom is 0.230 e. The predicted molar refractivity (Wildman–Crippen MR) is 75.4 cm³/mol. The molecule has 2 fully saturated rings. The van der Waals surface area contributed by atoms with E-state index in [4.69, 9.17) is 0 Å². The van der Waals surface area contributed by atoms with Gasteiger partial charge in [-0.15, -0.1) is 0 Å². The molecule has 1 aliphatic heterocycles. The van der Waals surface area contributed by atoms with Gasteiger partial charge in [0.05, 0.1) is 0 Å². The molecular formula is C16H27NO2. The van der Waals surface area contributed by atoms with Gasteiger partial charge in [-0.05, 0) is 49.4 Å². The molecule has 1 atom stereocenters. The summed E-state index contributed by atoms with van der Waals surface area (Å²) in [7, 11) is 0. The molecule has 2 amide bonds. The second-order valence-electron chi connectivity index (χ2n) is 6.87. The molecule has 0 aromatic rings. The van der Waals surface area contributed by atoms with Crippen molar-refractivity contribution in [3.63, 3.8) is 0 Å². The lowest BCUT2D eigenvalue weighted by molar-refractivity contribution is -0.146. The van der Waals surface area contributed by atoms with E-state index in [1.165, 1.54) is 12.8 Å². The Balaban J connectivity index is 2.14. The van der Waals surface area contributed by atoms with Crippen molar-refractivity contribution in [1.29, 1.82) is 0 Å². The topological polar surface area (TPSA) is 46.2 Å². The van der Waals surface area contributed by atoms with E-state index in [0.717, 1.165) is 37.5 Å². The summed E-state index contributed by atoms with van der Waals surface area (Å²) >= 11 is 0. The fourth-order valence-electron chi connectivity index (χ4n) is 4.12. The summed E-state index contributed by atoms with van der Waals surface area (Å²) in [5, 5.41) is 2.54. The second kappa shape index (κ2) is 5.64. The van der Waals surface area contributed by atoms with Crippen molar-refractivity contribution in [3.05, 3.63) is 0 Å². The van der Waals surface area contributed by atoms with Gasteiger partial charge >= 0.3 is 0 Å². The zero-order chi connectivity index (χ0) is 14.0. The van der Waals surface area contributed by atoms with Gasteiger partial charge in [0.1, 0.15) is 0 Å². The lowest BCUT2D eigenvalue weighted by atomic mass is 9.58. The minimum atomic E-state index is -0.0552. The fourth-order valence-corrected chi connectivity index (χ4v) is 4.12. The summed E-state index contributed by atoms with van der Waals surface area (Å²) in [6.45, 7) is 6.69. The first-order valence-corrected chi connectivity index (χ1v) is 7.82. The molecule has 3 nitrogen and oxygen atoms in total. The van der Waals surface area contributed by atoms with Crippen LogP contribution in [0.25, 0.3) is 0 Å². The minimum absolute atomic E-state index is 0.0129. The number of piperidine rings is 1. The van der Waals surface area contributed by atoms with Crippen molar-refractivity contribution >= 4 is 11.8 Å². The Bertz CT molecular complexity index is 354. The van der Waals surface area contributed by atoms with E-state index < -0.39 is 0 Å². The maximum atomic E-state index is 12.2. The Morgan fingerprint density at radius 3 is 2.42 bits per heavy atom. The highest BCUT2D eigenvalue weighted by Gasteiger charge is 2.49. The number of imide groups is 1. The second-order valence-corrected chi connectivity index (χ2v) is 6.87. The fraction of sp³-hybridized carbons (Fsp3) is 0.875. The Morgan fingerprint density at radius 2 is 1.89 bits per heavy atom. The van der Waals surface area contributed by atoms with Gasteiger partial charge < -0.3 is 0 Å². The molecule has 1 aliphatic carbocycles. The van der Waals surface area contributed by atoms with Crippen molar-refractivity contribution in [2.24, 2.45) is 23.2 Å². The SMILES string of the molecule is CCCC1C(=O)NC(=O)CC12CCC(C(C)C)CC2. The van der Waals surface area contributed by atoms with Gasteiger partial charge in [-0.25, -0.2) is 0 Å². The van der Waals surface area contributed by atoms with Crippen LogP contribution < -0.4 is 5.32 Å². The Hall–Kier alpha value is -0.860. The normalized spacial score (nSPS) is 35.8. The minimum Gasteiger partial charge on any atom is -0.296 e. The molecule has 1 saturated heterocycles. The standard InChI is InChI=1S/C16H27NO2/c1-4-5-13-15(19)17-14(18)10-16(13)8-6-12(7-9-16)11(2)3/h11-13H,4-10H2,1-3H3,(H,17,18,19). The van der Waals surface area contributed by atoms with Crippen LogP contribution in [-0.2, 0) is 9.59 Å². The number of amides is 2. The summed E-state index contributed by atoms with van der Waals surface area (Å²) in [6, 6.07) is 0. The summed E-state index contributed by atoms with van der Waals surface area (Å²) in [5.74, 6) is 1.48. The Kier molecular flexibility index (Phi) is 4.32. The average Bonchev–Trinajstić information content (AvgIpc) is 2.34. The first kappa shape index (κ1) is 14.5. The van der Waals surface area contributed by atoms with Gasteiger partial charge in [-0.1, -0.05) is 27.2 Å². The van der Waals surface area contributed by atoms with Crippen molar-refractivity contribution in [2.45, 2.75) is 65.7 Å². The van der Waals surface area contributed by atoms with Crippen LogP contribution in [0.2, 0.25) is 0 Å². The lowest BCUT2D eigenvalue weighted by Crippen LogP contribution is -2.53. The number of hydrogen-bond acceptors (Lipinski definition) is 2. The third-order valence-corrected chi connectivity index (χ3v) is 5.38. The number of carbonyl (C=O) groups excluding carboxylic acids is 2. The molecular weight excluding hydrogens is 238 g/mol. The van der Waals surface area contributed by atoms with E-state index in [1.54, 1.807) is 0 Å². The van der Waals surface area contributed by atoms with E-state index in [-0.39, 0.29) is 23.1 Å². The van der Waals surface area contributed by atoms with Crippen molar-refractivity contribution < 1.29 is 9.59 Å². The molecule has 2 aliphatic rings. The van der Waals surface area contributed by atoms with Crippen molar-refractivity contribution in [3.8, 4) is 0 Å². The molecule has 0 aromatic heterocycles. The van der Waals surface area contributed by atoms with Crippen molar-refractivity contribution in [1.82, 2.24) is 5.32 Å². The molecule has 3 heteroatoms. The number of hydrogen-bond donors (Lipinski definition) is 1. The van der Waals surface area contributed by atoms with Crippen LogP contribution in [0.1, 0.15) is 65.7 Å². The zero-order valence-corrected chi connectivity index (χ0v) is 12.5. The molecule has 1 heterocycles. The van der Waals surface area contributed by atoms with Crippen LogP contribution in [-0.4, -0.2) is 11.8 Å². The number of rotatable bonds is 3. The van der Waals surface area contributed by atoms with Gasteiger partial charge in [0.15, 0.2) is 0 Å². The van der Waals surface area contributed by atoms with E-state index >= 15 is 0 Å². The van der Waals surface area contributed by atoms with E-state index in [0.29, 0.717) is 6.42 Å². The molecule has 0 radical (unpaired) electrons. The van der Waals surface area contributed by atoms with Gasteiger partial charge in [0.2, 0.25) is 11.8 Å². The molecule has 0 aromatic carbocycles. The number of nitrogens with one attached hydrogen (secondary N) is 1. The highest BCUT2D eigenvalue weighted by Crippen LogP contribution is 2.51. The quantitative estimate of drug-likeness (QED) is 0.796. The van der Waals surface area contributed by atoms with Crippen LogP contribution in [0.5, 0.6) is 0 Å². The third-order valence-electron chi connectivity index (χ3n) is 5.38. The first-order chi connectivity index (χ1) is 8.98. The van der Waals surface area contributed by atoms with Crippen LogP contribution in [0, 0.1) is 23.2 Å². The van der Waals surface area contributed by atoms with Crippen molar-refractivity contribution in [2.75, 3.05) is 0 Å². The smallest absolute Gasteiger partial charge is 0.230 e. The Labute approximate surface area is 116 Å². The van der Waals surface area contributed by atoms with Gasteiger partial charge in [-0.2, -0.15) is 0 Å². The monoisotopic (exact) mass is 265 g/mol. The zero-order valence-electron chi connectivity index (χ0n) is 12.5. The average molecular weight is 265 g/mol. The molecule has 1 spiro atoms. The summed E-state index contributed by atoms with van der Waals surface area (Å²) in [6.07, 6.45) is 6.97. The molecule has 108 valence electrons. The largest absolute Gasteiger partial charge is 0.296 e. The molecule has 1 N–H and O–H groups in total. The predicted octanol–water partition coefficient (Wildman–Crippen LogP) is 3.28. The lowest BCUT2D eigenvalue weighted by Gasteiger charge is -2.47. The van der Waals surface area contributed by atoms with E-state index in [2.05, 4.69) is 26.1 Å². The van der Waals surface area contributed by atoms with Gasteiger partial charge in [0, 0.05) is 12.3 Å².